The average Bonchev–Trinajstić information content (AvgIpc) is 3.12. The monoisotopic (exact) mass is 394 g/mol. The molecule has 0 saturated carbocycles. The molecule has 1 aromatic heterocycles. The number of rotatable bonds is 8. The Morgan fingerprint density at radius 2 is 1.92 bits per heavy atom. The highest BCUT2D eigenvalue weighted by molar-refractivity contribution is 7.90. The van der Waals surface area contributed by atoms with Gasteiger partial charge in [-0.25, -0.2) is 8.42 Å². The van der Waals surface area contributed by atoms with E-state index in [1.54, 1.807) is 30.4 Å². The van der Waals surface area contributed by atoms with Crippen LogP contribution in [0.5, 0.6) is 0 Å². The molecule has 0 aliphatic rings. The summed E-state index contributed by atoms with van der Waals surface area (Å²) in [6, 6.07) is 6.97. The van der Waals surface area contributed by atoms with E-state index < -0.39 is 9.84 Å². The van der Waals surface area contributed by atoms with Crippen LogP contribution in [0.4, 0.5) is 0 Å². The Hall–Kier alpha value is -1.70. The van der Waals surface area contributed by atoms with E-state index in [-0.39, 0.29) is 16.8 Å². The minimum Gasteiger partial charge on any atom is -0.350 e. The Kier molecular flexibility index (Phi) is 6.97. The smallest absolute Gasteiger partial charge is 0.251 e. The van der Waals surface area contributed by atoms with Gasteiger partial charge in [0.25, 0.3) is 5.91 Å². The molecule has 1 heterocycles. The Morgan fingerprint density at radius 1 is 1.23 bits per heavy atom. The van der Waals surface area contributed by atoms with Crippen LogP contribution in [0.25, 0.3) is 0 Å². The average molecular weight is 395 g/mol. The molecule has 1 aromatic carbocycles. The van der Waals surface area contributed by atoms with Gasteiger partial charge in [-0.2, -0.15) is 11.3 Å². The highest BCUT2D eigenvalue weighted by Crippen LogP contribution is 2.22. The SMILES string of the molecule is CCN(CC)[C@H](CNC(=O)c1ccc(C)c(S(C)(=O)=O)c1)c1ccsc1. The summed E-state index contributed by atoms with van der Waals surface area (Å²) in [6.07, 6.45) is 1.16. The van der Waals surface area contributed by atoms with Gasteiger partial charge in [0.05, 0.1) is 10.9 Å². The van der Waals surface area contributed by atoms with Crippen molar-refractivity contribution in [2.24, 2.45) is 0 Å². The molecular weight excluding hydrogens is 368 g/mol. The molecule has 0 spiro atoms. The molecule has 0 saturated heterocycles. The summed E-state index contributed by atoms with van der Waals surface area (Å²) in [7, 11) is -3.36. The van der Waals surface area contributed by atoms with E-state index >= 15 is 0 Å². The Morgan fingerprint density at radius 3 is 2.46 bits per heavy atom. The lowest BCUT2D eigenvalue weighted by Crippen LogP contribution is -2.38. The summed E-state index contributed by atoms with van der Waals surface area (Å²) >= 11 is 1.64. The number of nitrogens with zero attached hydrogens (tertiary/aromatic N) is 1. The van der Waals surface area contributed by atoms with Crippen molar-refractivity contribution >= 4 is 27.1 Å². The predicted octanol–water partition coefficient (Wildman–Crippen LogP) is 3.27. The lowest BCUT2D eigenvalue weighted by atomic mass is 10.1. The molecule has 1 amide bonds. The van der Waals surface area contributed by atoms with Crippen LogP contribution >= 0.6 is 11.3 Å². The molecule has 1 N–H and O–H groups in total. The Labute approximate surface area is 160 Å². The largest absolute Gasteiger partial charge is 0.350 e. The zero-order chi connectivity index (χ0) is 19.3. The maximum atomic E-state index is 12.6. The van der Waals surface area contributed by atoms with E-state index in [0.717, 1.165) is 19.3 Å². The number of hydrogen-bond acceptors (Lipinski definition) is 5. The second-order valence-electron chi connectivity index (χ2n) is 6.26. The molecule has 26 heavy (non-hydrogen) atoms. The quantitative estimate of drug-likeness (QED) is 0.746. The van der Waals surface area contributed by atoms with Gasteiger partial charge in [0.1, 0.15) is 0 Å². The molecule has 142 valence electrons. The summed E-state index contributed by atoms with van der Waals surface area (Å²) in [5.41, 5.74) is 2.18. The summed E-state index contributed by atoms with van der Waals surface area (Å²) < 4.78 is 23.8. The van der Waals surface area contributed by atoms with Gasteiger partial charge in [-0.1, -0.05) is 19.9 Å². The fourth-order valence-electron chi connectivity index (χ4n) is 3.02. The fraction of sp³-hybridized carbons (Fsp3) is 0.421. The number of carbonyl (C=O) groups is 1. The van der Waals surface area contributed by atoms with E-state index in [1.807, 2.05) is 5.38 Å². The molecule has 0 aliphatic heterocycles. The number of amides is 1. The lowest BCUT2D eigenvalue weighted by Gasteiger charge is -2.29. The Bertz CT molecular complexity index is 842. The van der Waals surface area contributed by atoms with Crippen molar-refractivity contribution in [2.45, 2.75) is 31.7 Å². The van der Waals surface area contributed by atoms with Crippen molar-refractivity contribution in [3.8, 4) is 0 Å². The summed E-state index contributed by atoms with van der Waals surface area (Å²) in [6.45, 7) is 8.17. The first kappa shape index (κ1) is 20.6. The van der Waals surface area contributed by atoms with Crippen molar-refractivity contribution in [2.75, 3.05) is 25.9 Å². The third-order valence-corrected chi connectivity index (χ3v) is 6.43. The van der Waals surface area contributed by atoms with Gasteiger partial charge in [0.2, 0.25) is 0 Å². The normalized spacial score (nSPS) is 13.0. The van der Waals surface area contributed by atoms with Crippen molar-refractivity contribution in [3.63, 3.8) is 0 Å². The number of likely N-dealkylation sites (N-methyl/N-ethyl adjacent to an activating group) is 1. The molecule has 7 heteroatoms. The summed E-state index contributed by atoms with van der Waals surface area (Å²) in [5.74, 6) is -0.262. The molecule has 0 aliphatic carbocycles. The van der Waals surface area contributed by atoms with Gasteiger partial charge in [-0.3, -0.25) is 9.69 Å². The molecule has 0 radical (unpaired) electrons. The number of sulfone groups is 1. The second kappa shape index (κ2) is 8.79. The second-order valence-corrected chi connectivity index (χ2v) is 9.02. The van der Waals surface area contributed by atoms with Crippen LogP contribution in [0.2, 0.25) is 0 Å². The molecule has 0 fully saturated rings. The van der Waals surface area contributed by atoms with Crippen LogP contribution in [-0.2, 0) is 9.84 Å². The highest BCUT2D eigenvalue weighted by Gasteiger charge is 2.20. The number of benzene rings is 1. The fourth-order valence-corrected chi connectivity index (χ4v) is 4.72. The van der Waals surface area contributed by atoms with Crippen molar-refractivity contribution in [1.82, 2.24) is 10.2 Å². The van der Waals surface area contributed by atoms with Gasteiger partial charge < -0.3 is 5.32 Å². The standard InChI is InChI=1S/C19H26N2O3S2/c1-5-21(6-2)17(16-9-10-25-13-16)12-20-19(22)15-8-7-14(3)18(11-15)26(4,23)24/h7-11,13,17H,5-6,12H2,1-4H3,(H,20,22)/t17-/m1/s1. The minimum absolute atomic E-state index is 0.0972. The maximum absolute atomic E-state index is 12.6. The van der Waals surface area contributed by atoms with Crippen LogP contribution < -0.4 is 5.32 Å². The van der Waals surface area contributed by atoms with Crippen LogP contribution in [0.15, 0.2) is 39.9 Å². The van der Waals surface area contributed by atoms with E-state index in [4.69, 9.17) is 0 Å². The molecular formula is C19H26N2O3S2. The Balaban J connectivity index is 2.18. The van der Waals surface area contributed by atoms with Crippen LogP contribution in [0.1, 0.15) is 41.4 Å². The molecule has 0 unspecified atom stereocenters. The first-order valence-corrected chi connectivity index (χ1v) is 11.5. The van der Waals surface area contributed by atoms with Gasteiger partial charge in [-0.05, 0) is 60.1 Å². The first-order chi connectivity index (χ1) is 12.3. The minimum atomic E-state index is -3.36. The molecule has 0 bridgehead atoms. The van der Waals surface area contributed by atoms with Crippen LogP contribution in [-0.4, -0.2) is 45.1 Å². The van der Waals surface area contributed by atoms with E-state index in [2.05, 4.69) is 35.5 Å². The van der Waals surface area contributed by atoms with E-state index in [1.165, 1.54) is 11.6 Å². The van der Waals surface area contributed by atoms with Crippen LogP contribution in [0.3, 0.4) is 0 Å². The van der Waals surface area contributed by atoms with Crippen LogP contribution in [0, 0.1) is 6.92 Å². The van der Waals surface area contributed by atoms with E-state index in [9.17, 15) is 13.2 Å². The third kappa shape index (κ3) is 4.93. The molecule has 2 rings (SSSR count). The number of aryl methyl sites for hydroxylation is 1. The van der Waals surface area contributed by atoms with E-state index in [0.29, 0.717) is 17.7 Å². The van der Waals surface area contributed by atoms with Crippen molar-refractivity contribution < 1.29 is 13.2 Å². The zero-order valence-electron chi connectivity index (χ0n) is 15.7. The van der Waals surface area contributed by atoms with Crippen molar-refractivity contribution in [3.05, 3.63) is 51.7 Å². The summed E-state index contributed by atoms with van der Waals surface area (Å²) in [4.78, 5) is 15.1. The van der Waals surface area contributed by atoms with Gasteiger partial charge in [-0.15, -0.1) is 0 Å². The van der Waals surface area contributed by atoms with Gasteiger partial charge in [0, 0.05) is 18.4 Å². The highest BCUT2D eigenvalue weighted by atomic mass is 32.2. The predicted molar refractivity (Wildman–Crippen MR) is 107 cm³/mol. The summed E-state index contributed by atoms with van der Waals surface area (Å²) in [5, 5.41) is 7.10. The maximum Gasteiger partial charge on any atom is 0.251 e. The third-order valence-electron chi connectivity index (χ3n) is 4.49. The molecule has 1 atom stereocenters. The topological polar surface area (TPSA) is 66.5 Å². The lowest BCUT2D eigenvalue weighted by molar-refractivity contribution is 0.0935. The molecule has 5 nitrogen and oxygen atoms in total. The zero-order valence-corrected chi connectivity index (χ0v) is 17.3. The number of nitrogens with one attached hydrogen (secondary N) is 1. The number of hydrogen-bond donors (Lipinski definition) is 1. The van der Waals surface area contributed by atoms with Crippen molar-refractivity contribution in [1.29, 1.82) is 0 Å². The van der Waals surface area contributed by atoms with Gasteiger partial charge >= 0.3 is 0 Å². The number of thiophene rings is 1. The first-order valence-electron chi connectivity index (χ1n) is 8.63. The number of carbonyl (C=O) groups excluding carboxylic acids is 1. The molecule has 2 aromatic rings. The van der Waals surface area contributed by atoms with Gasteiger partial charge in [0.15, 0.2) is 9.84 Å².